The van der Waals surface area contributed by atoms with E-state index in [0.29, 0.717) is 25.2 Å². The van der Waals surface area contributed by atoms with Crippen LogP contribution in [0.4, 0.5) is 14.5 Å². The first kappa shape index (κ1) is 15.3. The minimum atomic E-state index is -1.35. The van der Waals surface area contributed by atoms with Crippen LogP contribution >= 0.6 is 0 Å². The molecule has 0 unspecified atom stereocenters. The predicted octanol–water partition coefficient (Wildman–Crippen LogP) is 1.70. The van der Waals surface area contributed by atoms with Crippen LogP contribution in [0.2, 0.25) is 0 Å². The van der Waals surface area contributed by atoms with Crippen molar-refractivity contribution in [2.24, 2.45) is 0 Å². The van der Waals surface area contributed by atoms with Gasteiger partial charge in [-0.25, -0.2) is 8.78 Å². The zero-order valence-corrected chi connectivity index (χ0v) is 11.3. The Morgan fingerprint density at radius 1 is 1.29 bits per heavy atom. The molecule has 6 nitrogen and oxygen atoms in total. The summed E-state index contributed by atoms with van der Waals surface area (Å²) in [5, 5.41) is 13.3. The molecule has 0 aliphatic carbocycles. The van der Waals surface area contributed by atoms with Gasteiger partial charge in [0, 0.05) is 13.1 Å². The van der Waals surface area contributed by atoms with Crippen LogP contribution in [-0.2, 0) is 0 Å². The molecule has 0 aromatic heterocycles. The van der Waals surface area contributed by atoms with E-state index in [1.807, 2.05) is 0 Å². The Hall–Kier alpha value is -2.09. The van der Waals surface area contributed by atoms with Crippen molar-refractivity contribution >= 4 is 11.6 Å². The maximum Gasteiger partial charge on any atom is 0.285 e. The molecule has 1 amide bonds. The highest BCUT2D eigenvalue weighted by molar-refractivity contribution is 5.98. The third-order valence-corrected chi connectivity index (χ3v) is 3.39. The van der Waals surface area contributed by atoms with E-state index in [1.165, 1.54) is 0 Å². The number of rotatable bonds is 5. The van der Waals surface area contributed by atoms with Gasteiger partial charge in [-0.3, -0.25) is 14.9 Å². The number of nitrogens with one attached hydrogen (secondary N) is 1. The highest BCUT2D eigenvalue weighted by atomic mass is 19.2. The number of benzene rings is 1. The van der Waals surface area contributed by atoms with E-state index in [9.17, 15) is 23.7 Å². The number of nitrogens with zero attached hydrogens (tertiary/aromatic N) is 2. The maximum absolute atomic E-state index is 13.2. The quantitative estimate of drug-likeness (QED) is 0.663. The van der Waals surface area contributed by atoms with Gasteiger partial charge in [-0.1, -0.05) is 0 Å². The molecule has 114 valence electrons. The Morgan fingerprint density at radius 2 is 1.90 bits per heavy atom. The van der Waals surface area contributed by atoms with Crippen LogP contribution < -0.4 is 5.32 Å². The third-order valence-electron chi connectivity index (χ3n) is 3.39. The average molecular weight is 299 g/mol. The van der Waals surface area contributed by atoms with E-state index in [1.54, 1.807) is 0 Å². The maximum atomic E-state index is 13.2. The first-order chi connectivity index (χ1) is 9.99. The van der Waals surface area contributed by atoms with E-state index in [2.05, 4.69) is 10.2 Å². The Bertz CT molecular complexity index is 560. The fourth-order valence-corrected chi connectivity index (χ4v) is 2.30. The summed E-state index contributed by atoms with van der Waals surface area (Å²) in [6, 6.07) is 0.976. The normalized spacial score (nSPS) is 15.1. The lowest BCUT2D eigenvalue weighted by molar-refractivity contribution is -0.385. The molecule has 0 saturated carbocycles. The number of hydrogen-bond acceptors (Lipinski definition) is 4. The number of amides is 1. The van der Waals surface area contributed by atoms with Gasteiger partial charge in [0.15, 0.2) is 11.6 Å². The molecule has 1 aromatic carbocycles. The molecule has 0 spiro atoms. The number of likely N-dealkylation sites (tertiary alicyclic amines) is 1. The summed E-state index contributed by atoms with van der Waals surface area (Å²) in [4.78, 5) is 23.9. The second kappa shape index (κ2) is 6.57. The molecule has 0 atom stereocenters. The largest absolute Gasteiger partial charge is 0.351 e. The zero-order chi connectivity index (χ0) is 15.4. The molecule has 2 rings (SSSR count). The summed E-state index contributed by atoms with van der Waals surface area (Å²) in [5.41, 5.74) is -1.21. The topological polar surface area (TPSA) is 75.5 Å². The van der Waals surface area contributed by atoms with Gasteiger partial charge in [0.25, 0.3) is 11.6 Å². The molecule has 21 heavy (non-hydrogen) atoms. The number of nitro benzene ring substituents is 1. The number of halogens is 2. The van der Waals surface area contributed by atoms with Crippen molar-refractivity contribution < 1.29 is 18.5 Å². The van der Waals surface area contributed by atoms with Crippen molar-refractivity contribution in [2.75, 3.05) is 26.2 Å². The van der Waals surface area contributed by atoms with Crippen LogP contribution in [0.5, 0.6) is 0 Å². The van der Waals surface area contributed by atoms with Gasteiger partial charge in [0.05, 0.1) is 11.0 Å². The van der Waals surface area contributed by atoms with Crippen molar-refractivity contribution in [1.29, 1.82) is 0 Å². The molecule has 1 heterocycles. The van der Waals surface area contributed by atoms with Gasteiger partial charge < -0.3 is 10.2 Å². The van der Waals surface area contributed by atoms with Crippen molar-refractivity contribution in [1.82, 2.24) is 10.2 Å². The summed E-state index contributed by atoms with van der Waals surface area (Å²) in [6.45, 7) is 2.85. The lowest BCUT2D eigenvalue weighted by Gasteiger charge is -2.14. The molecular weight excluding hydrogens is 284 g/mol. The molecule has 0 bridgehead atoms. The van der Waals surface area contributed by atoms with Crippen LogP contribution in [-0.4, -0.2) is 41.9 Å². The zero-order valence-electron chi connectivity index (χ0n) is 11.3. The van der Waals surface area contributed by atoms with Crippen molar-refractivity contribution in [2.45, 2.75) is 12.8 Å². The van der Waals surface area contributed by atoms with Crippen LogP contribution in [0.3, 0.4) is 0 Å². The first-order valence-corrected chi connectivity index (χ1v) is 6.63. The minimum absolute atomic E-state index is 0.301. The molecule has 1 N–H and O–H groups in total. The molecule has 1 aliphatic rings. The van der Waals surface area contributed by atoms with Crippen molar-refractivity contribution in [3.05, 3.63) is 39.4 Å². The molecule has 1 saturated heterocycles. The fourth-order valence-electron chi connectivity index (χ4n) is 2.30. The van der Waals surface area contributed by atoms with Gasteiger partial charge in [-0.05, 0) is 32.0 Å². The van der Waals surface area contributed by atoms with E-state index < -0.39 is 33.7 Å². The molecule has 1 aliphatic heterocycles. The molecule has 0 radical (unpaired) electrons. The van der Waals surface area contributed by atoms with E-state index >= 15 is 0 Å². The van der Waals surface area contributed by atoms with E-state index in [4.69, 9.17) is 0 Å². The molecule has 1 aromatic rings. The predicted molar refractivity (Wildman–Crippen MR) is 71.0 cm³/mol. The van der Waals surface area contributed by atoms with Crippen LogP contribution in [0.15, 0.2) is 12.1 Å². The monoisotopic (exact) mass is 299 g/mol. The van der Waals surface area contributed by atoms with Gasteiger partial charge in [0.1, 0.15) is 5.56 Å². The van der Waals surface area contributed by atoms with Gasteiger partial charge in [-0.2, -0.15) is 0 Å². The summed E-state index contributed by atoms with van der Waals surface area (Å²) in [6.07, 6.45) is 2.23. The summed E-state index contributed by atoms with van der Waals surface area (Å²) in [5.74, 6) is -3.42. The Kier molecular flexibility index (Phi) is 4.79. The second-order valence-electron chi connectivity index (χ2n) is 4.85. The van der Waals surface area contributed by atoms with Crippen LogP contribution in [0.1, 0.15) is 23.2 Å². The van der Waals surface area contributed by atoms with Gasteiger partial charge in [0.2, 0.25) is 0 Å². The summed E-state index contributed by atoms with van der Waals surface area (Å²) >= 11 is 0. The average Bonchev–Trinajstić information content (AvgIpc) is 2.94. The van der Waals surface area contributed by atoms with Crippen LogP contribution in [0, 0.1) is 21.7 Å². The fraction of sp³-hybridized carbons (Fsp3) is 0.462. The molecule has 1 fully saturated rings. The highest BCUT2D eigenvalue weighted by Gasteiger charge is 2.23. The Morgan fingerprint density at radius 3 is 2.52 bits per heavy atom. The Balaban J connectivity index is 2.03. The van der Waals surface area contributed by atoms with Crippen LogP contribution in [0.25, 0.3) is 0 Å². The van der Waals surface area contributed by atoms with E-state index in [0.717, 1.165) is 25.9 Å². The number of carbonyl (C=O) groups excluding carboxylic acids is 1. The highest BCUT2D eigenvalue weighted by Crippen LogP contribution is 2.22. The SMILES string of the molecule is O=C(NCCN1CCCC1)c1cc(F)c(F)cc1[N+](=O)[O-]. The first-order valence-electron chi connectivity index (χ1n) is 6.63. The second-order valence-corrected chi connectivity index (χ2v) is 4.85. The third kappa shape index (κ3) is 3.72. The van der Waals surface area contributed by atoms with Gasteiger partial charge in [-0.15, -0.1) is 0 Å². The Labute approximate surface area is 119 Å². The van der Waals surface area contributed by atoms with E-state index in [-0.39, 0.29) is 0 Å². The summed E-state index contributed by atoms with van der Waals surface area (Å²) < 4.78 is 26.2. The van der Waals surface area contributed by atoms with Crippen molar-refractivity contribution in [3.63, 3.8) is 0 Å². The molecular formula is C13H15F2N3O3. The number of carbonyl (C=O) groups is 1. The lowest BCUT2D eigenvalue weighted by atomic mass is 10.1. The summed E-state index contributed by atoms with van der Waals surface area (Å²) in [7, 11) is 0. The van der Waals surface area contributed by atoms with Crippen molar-refractivity contribution in [3.8, 4) is 0 Å². The molecule has 8 heteroatoms. The van der Waals surface area contributed by atoms with Gasteiger partial charge >= 0.3 is 0 Å². The standard InChI is InChI=1S/C13H15F2N3O3/c14-10-7-9(12(18(20)21)8-11(10)15)13(19)16-3-6-17-4-1-2-5-17/h7-8H,1-6H2,(H,16,19). The smallest absolute Gasteiger partial charge is 0.285 e. The minimum Gasteiger partial charge on any atom is -0.351 e. The number of hydrogen-bond donors (Lipinski definition) is 1. The number of nitro groups is 1. The lowest BCUT2D eigenvalue weighted by Crippen LogP contribution is -2.33.